The molecule has 0 aromatic carbocycles. The van der Waals surface area contributed by atoms with Crippen LogP contribution in [0.3, 0.4) is 0 Å². The first-order chi connectivity index (χ1) is 6.27. The molecule has 0 amide bonds. The maximum Gasteiger partial charge on any atom is 0.348 e. The summed E-state index contributed by atoms with van der Waals surface area (Å²) in [6.07, 6.45) is 3.01. The van der Waals surface area contributed by atoms with Crippen molar-refractivity contribution in [1.82, 2.24) is 19.7 Å². The third kappa shape index (κ3) is 1.52. The second kappa shape index (κ2) is 3.14. The quantitative estimate of drug-likeness (QED) is 0.799. The maximum absolute atomic E-state index is 11.1. The summed E-state index contributed by atoms with van der Waals surface area (Å²) in [6.45, 7) is 0. The number of rotatable bonds is 1. The molecule has 0 fully saturated rings. The maximum atomic E-state index is 11.1. The van der Waals surface area contributed by atoms with Crippen LogP contribution in [-0.2, 0) is 0 Å². The Bertz CT molecular complexity index is 458. The zero-order chi connectivity index (χ0) is 9.26. The van der Waals surface area contributed by atoms with Crippen molar-refractivity contribution in [3.05, 3.63) is 39.6 Å². The average Bonchev–Trinajstić information content (AvgIpc) is 2.53. The molecule has 13 heavy (non-hydrogen) atoms. The van der Waals surface area contributed by atoms with E-state index in [2.05, 4.69) is 31.1 Å². The number of aromatic amines is 1. The molecule has 0 unspecified atom stereocenters. The zero-order valence-electron chi connectivity index (χ0n) is 6.44. The Balaban J connectivity index is 2.54. The van der Waals surface area contributed by atoms with Gasteiger partial charge in [-0.3, -0.25) is 0 Å². The van der Waals surface area contributed by atoms with Crippen LogP contribution in [-0.4, -0.2) is 19.7 Å². The van der Waals surface area contributed by atoms with E-state index in [0.717, 1.165) is 4.47 Å². The fourth-order valence-corrected chi connectivity index (χ4v) is 1.16. The van der Waals surface area contributed by atoms with Crippen LogP contribution in [0, 0.1) is 0 Å². The second-order valence-electron chi connectivity index (χ2n) is 2.37. The third-order valence-corrected chi connectivity index (χ3v) is 1.98. The monoisotopic (exact) mass is 240 g/mol. The van der Waals surface area contributed by atoms with Crippen LogP contribution < -0.4 is 5.69 Å². The molecule has 0 atom stereocenters. The summed E-state index contributed by atoms with van der Waals surface area (Å²) in [5, 5.41) is 5.88. The van der Waals surface area contributed by atoms with Crippen LogP contribution in [0.25, 0.3) is 5.82 Å². The first kappa shape index (κ1) is 8.18. The van der Waals surface area contributed by atoms with Gasteiger partial charge >= 0.3 is 5.69 Å². The number of pyridine rings is 1. The van der Waals surface area contributed by atoms with Crippen molar-refractivity contribution in [2.75, 3.05) is 0 Å². The predicted molar refractivity (Wildman–Crippen MR) is 49.7 cm³/mol. The van der Waals surface area contributed by atoms with Gasteiger partial charge < -0.3 is 0 Å². The molecule has 0 radical (unpaired) electrons. The minimum absolute atomic E-state index is 0.296. The summed E-state index contributed by atoms with van der Waals surface area (Å²) < 4.78 is 2.19. The Labute approximate surface area is 81.6 Å². The Kier molecular flexibility index (Phi) is 1.97. The van der Waals surface area contributed by atoms with Gasteiger partial charge in [-0.1, -0.05) is 0 Å². The van der Waals surface area contributed by atoms with Gasteiger partial charge in [0.15, 0.2) is 0 Å². The minimum Gasteiger partial charge on any atom is -0.246 e. The minimum atomic E-state index is -0.296. The fourth-order valence-electron chi connectivity index (χ4n) is 0.922. The standard InChI is InChI=1S/C7H5BrN4O/c8-5-1-2-6(9-3-5)12-4-10-11-7(12)13/h1-4H,(H,11,13). The van der Waals surface area contributed by atoms with Gasteiger partial charge in [-0.25, -0.2) is 19.4 Å². The average molecular weight is 241 g/mol. The number of aromatic nitrogens is 4. The molecule has 2 aromatic rings. The summed E-state index contributed by atoms with van der Waals surface area (Å²) in [7, 11) is 0. The van der Waals surface area contributed by atoms with Crippen molar-refractivity contribution in [3.63, 3.8) is 0 Å². The Morgan fingerprint density at radius 1 is 1.46 bits per heavy atom. The number of nitrogens with one attached hydrogen (secondary N) is 1. The molecule has 1 N–H and O–H groups in total. The summed E-state index contributed by atoms with van der Waals surface area (Å²) in [5.74, 6) is 0.543. The zero-order valence-corrected chi connectivity index (χ0v) is 8.02. The molecule has 0 aliphatic rings. The largest absolute Gasteiger partial charge is 0.348 e. The molecule has 6 heteroatoms. The number of halogens is 1. The first-order valence-electron chi connectivity index (χ1n) is 3.51. The lowest BCUT2D eigenvalue weighted by molar-refractivity contribution is 0.938. The molecule has 0 aliphatic heterocycles. The lowest BCUT2D eigenvalue weighted by Gasteiger charge is -1.97. The van der Waals surface area contributed by atoms with Crippen LogP contribution in [0.5, 0.6) is 0 Å². The van der Waals surface area contributed by atoms with Gasteiger partial charge in [0.05, 0.1) is 0 Å². The van der Waals surface area contributed by atoms with Gasteiger partial charge in [0.1, 0.15) is 12.1 Å². The second-order valence-corrected chi connectivity index (χ2v) is 3.28. The Morgan fingerprint density at radius 3 is 2.85 bits per heavy atom. The van der Waals surface area contributed by atoms with Crippen LogP contribution >= 0.6 is 15.9 Å². The van der Waals surface area contributed by atoms with Crippen molar-refractivity contribution in [3.8, 4) is 5.82 Å². The van der Waals surface area contributed by atoms with E-state index in [1.54, 1.807) is 12.3 Å². The van der Waals surface area contributed by atoms with E-state index in [-0.39, 0.29) is 5.69 Å². The molecule has 0 saturated carbocycles. The van der Waals surface area contributed by atoms with Crippen LogP contribution in [0.2, 0.25) is 0 Å². The van der Waals surface area contributed by atoms with E-state index >= 15 is 0 Å². The first-order valence-corrected chi connectivity index (χ1v) is 4.30. The molecule has 2 aromatic heterocycles. The molecule has 66 valence electrons. The van der Waals surface area contributed by atoms with Crippen LogP contribution in [0.15, 0.2) is 33.9 Å². The summed E-state index contributed by atoms with van der Waals surface area (Å²) in [5.41, 5.74) is -0.296. The number of hydrogen-bond donors (Lipinski definition) is 1. The van der Waals surface area contributed by atoms with E-state index in [1.165, 1.54) is 10.9 Å². The Hall–Kier alpha value is -1.43. The molecule has 0 spiro atoms. The van der Waals surface area contributed by atoms with Gasteiger partial charge in [0, 0.05) is 10.7 Å². The van der Waals surface area contributed by atoms with Crippen molar-refractivity contribution in [2.24, 2.45) is 0 Å². The molecular formula is C7H5BrN4O. The van der Waals surface area contributed by atoms with E-state index in [0.29, 0.717) is 5.82 Å². The molecule has 2 heterocycles. The van der Waals surface area contributed by atoms with Crippen molar-refractivity contribution in [2.45, 2.75) is 0 Å². The van der Waals surface area contributed by atoms with Crippen LogP contribution in [0.4, 0.5) is 0 Å². The lowest BCUT2D eigenvalue weighted by Crippen LogP contribution is -2.14. The topological polar surface area (TPSA) is 63.6 Å². The number of H-pyrrole nitrogens is 1. The van der Waals surface area contributed by atoms with E-state index in [9.17, 15) is 4.79 Å². The summed E-state index contributed by atoms with van der Waals surface area (Å²) in [4.78, 5) is 15.1. The number of hydrogen-bond acceptors (Lipinski definition) is 3. The van der Waals surface area contributed by atoms with Gasteiger partial charge in [-0.15, -0.1) is 0 Å². The summed E-state index contributed by atoms with van der Waals surface area (Å²) >= 11 is 3.25. The van der Waals surface area contributed by atoms with Crippen molar-refractivity contribution in [1.29, 1.82) is 0 Å². The normalized spacial score (nSPS) is 10.2. The molecule has 0 bridgehead atoms. The highest BCUT2D eigenvalue weighted by Crippen LogP contribution is 2.08. The molecule has 5 nitrogen and oxygen atoms in total. The highest BCUT2D eigenvalue weighted by molar-refractivity contribution is 9.10. The molecular weight excluding hydrogens is 236 g/mol. The smallest absolute Gasteiger partial charge is 0.246 e. The number of nitrogens with zero attached hydrogens (tertiary/aromatic N) is 3. The lowest BCUT2D eigenvalue weighted by atomic mass is 10.5. The van der Waals surface area contributed by atoms with Crippen molar-refractivity contribution >= 4 is 15.9 Å². The highest BCUT2D eigenvalue weighted by atomic mass is 79.9. The molecule has 2 rings (SSSR count). The fraction of sp³-hybridized carbons (Fsp3) is 0. The third-order valence-electron chi connectivity index (χ3n) is 1.51. The van der Waals surface area contributed by atoms with E-state index in [4.69, 9.17) is 0 Å². The Morgan fingerprint density at radius 2 is 2.31 bits per heavy atom. The van der Waals surface area contributed by atoms with Gasteiger partial charge in [-0.05, 0) is 28.1 Å². The highest BCUT2D eigenvalue weighted by Gasteiger charge is 2.00. The van der Waals surface area contributed by atoms with E-state index < -0.39 is 0 Å². The predicted octanol–water partition coefficient (Wildman–Crippen LogP) is 0.718. The molecule has 0 saturated heterocycles. The van der Waals surface area contributed by atoms with Crippen molar-refractivity contribution < 1.29 is 0 Å². The summed E-state index contributed by atoms with van der Waals surface area (Å²) in [6, 6.07) is 3.53. The van der Waals surface area contributed by atoms with Gasteiger partial charge in [-0.2, -0.15) is 5.10 Å². The van der Waals surface area contributed by atoms with Gasteiger partial charge in [0.2, 0.25) is 0 Å². The van der Waals surface area contributed by atoms with Gasteiger partial charge in [0.25, 0.3) is 0 Å². The van der Waals surface area contributed by atoms with E-state index in [1.807, 2.05) is 6.07 Å². The van der Waals surface area contributed by atoms with Crippen LogP contribution in [0.1, 0.15) is 0 Å². The molecule has 0 aliphatic carbocycles. The SMILES string of the molecule is O=c1[nH]ncn1-c1ccc(Br)cn1.